The van der Waals surface area contributed by atoms with Crippen molar-refractivity contribution in [1.29, 1.82) is 0 Å². The van der Waals surface area contributed by atoms with Crippen molar-refractivity contribution in [1.82, 2.24) is 4.90 Å². The lowest BCUT2D eigenvalue weighted by Crippen LogP contribution is -2.43. The van der Waals surface area contributed by atoms with Crippen molar-refractivity contribution >= 4 is 0 Å². The molecule has 0 aromatic carbocycles. The van der Waals surface area contributed by atoms with E-state index in [1.807, 2.05) is 0 Å². The number of rotatable bonds is 3. The molecule has 0 bridgehead atoms. The van der Waals surface area contributed by atoms with Crippen molar-refractivity contribution in [2.75, 3.05) is 13.1 Å². The van der Waals surface area contributed by atoms with Gasteiger partial charge in [-0.1, -0.05) is 6.92 Å². The van der Waals surface area contributed by atoms with E-state index < -0.39 is 5.60 Å². The molecule has 0 radical (unpaired) electrons. The van der Waals surface area contributed by atoms with Crippen LogP contribution in [0.1, 0.15) is 33.1 Å². The van der Waals surface area contributed by atoms with Gasteiger partial charge in [0.25, 0.3) is 0 Å². The fourth-order valence-electron chi connectivity index (χ4n) is 2.64. The third-order valence-corrected chi connectivity index (χ3v) is 3.96. The zero-order valence-corrected chi connectivity index (χ0v) is 9.24. The number of β-amino-alcohol motifs (C(OH)–C–C–N with tert-alkyl or cyclic N) is 1. The zero-order valence-electron chi connectivity index (χ0n) is 9.24. The maximum Gasteiger partial charge on any atom is 0.0826 e. The van der Waals surface area contributed by atoms with Gasteiger partial charge in [-0.3, -0.25) is 4.90 Å². The Labute approximate surface area is 86.3 Å². The number of nitrogens with zero attached hydrogens (tertiary/aromatic N) is 1. The van der Waals surface area contributed by atoms with Gasteiger partial charge in [0.2, 0.25) is 0 Å². The summed E-state index contributed by atoms with van der Waals surface area (Å²) < 4.78 is 0. The molecule has 3 unspecified atom stereocenters. The first kappa shape index (κ1) is 10.4. The molecule has 2 rings (SSSR count). The maximum atomic E-state index is 10.5. The van der Waals surface area contributed by atoms with Gasteiger partial charge in [0.15, 0.2) is 0 Å². The van der Waals surface area contributed by atoms with Crippen LogP contribution < -0.4 is 5.73 Å². The van der Waals surface area contributed by atoms with E-state index >= 15 is 0 Å². The molecule has 0 amide bonds. The van der Waals surface area contributed by atoms with E-state index in [1.54, 1.807) is 0 Å². The highest BCUT2D eigenvalue weighted by Crippen LogP contribution is 2.39. The summed E-state index contributed by atoms with van der Waals surface area (Å²) in [6.07, 6.45) is 3.52. The van der Waals surface area contributed by atoms with Gasteiger partial charge in [-0.25, -0.2) is 0 Å². The number of likely N-dealkylation sites (tertiary alicyclic amines) is 1. The van der Waals surface area contributed by atoms with Crippen molar-refractivity contribution in [3.8, 4) is 0 Å². The molecule has 1 saturated carbocycles. The van der Waals surface area contributed by atoms with Gasteiger partial charge in [0, 0.05) is 18.6 Å². The van der Waals surface area contributed by atoms with Gasteiger partial charge in [-0.2, -0.15) is 0 Å². The summed E-state index contributed by atoms with van der Waals surface area (Å²) in [6, 6.07) is 1.28. The van der Waals surface area contributed by atoms with E-state index in [4.69, 9.17) is 5.73 Å². The predicted octanol–water partition coefficient (Wildman–Crippen LogP) is 0.569. The monoisotopic (exact) mass is 198 g/mol. The summed E-state index contributed by atoms with van der Waals surface area (Å²) >= 11 is 0. The van der Waals surface area contributed by atoms with Crippen molar-refractivity contribution in [2.45, 2.75) is 50.8 Å². The second kappa shape index (κ2) is 3.47. The van der Waals surface area contributed by atoms with Crippen LogP contribution in [0.5, 0.6) is 0 Å². The minimum absolute atomic E-state index is 0.216. The normalized spacial score (nSPS) is 41.6. The molecule has 3 N–H and O–H groups in total. The van der Waals surface area contributed by atoms with Gasteiger partial charge in [-0.05, 0) is 38.6 Å². The number of hydrogen-bond donors (Lipinski definition) is 2. The molecule has 0 spiro atoms. The zero-order chi connectivity index (χ0) is 10.3. The molecule has 1 aliphatic heterocycles. The summed E-state index contributed by atoms with van der Waals surface area (Å²) in [6.45, 7) is 5.70. The lowest BCUT2D eigenvalue weighted by atomic mass is 9.87. The van der Waals surface area contributed by atoms with Crippen LogP contribution in [-0.2, 0) is 0 Å². The maximum absolute atomic E-state index is 10.5. The summed E-state index contributed by atoms with van der Waals surface area (Å²) in [5.74, 6) is 0.216. The minimum atomic E-state index is -0.531. The Balaban J connectivity index is 2.02. The highest BCUT2D eigenvalue weighted by atomic mass is 16.3. The molecule has 0 aromatic heterocycles. The Bertz CT molecular complexity index is 217. The van der Waals surface area contributed by atoms with Crippen molar-refractivity contribution in [3.05, 3.63) is 0 Å². The second-order valence-corrected chi connectivity index (χ2v) is 5.20. The fraction of sp³-hybridized carbons (Fsp3) is 1.00. The van der Waals surface area contributed by atoms with Crippen LogP contribution in [0.25, 0.3) is 0 Å². The van der Waals surface area contributed by atoms with Crippen LogP contribution in [0, 0.1) is 5.92 Å². The van der Waals surface area contributed by atoms with Crippen LogP contribution in [0.15, 0.2) is 0 Å². The van der Waals surface area contributed by atoms with Gasteiger partial charge in [-0.15, -0.1) is 0 Å². The van der Waals surface area contributed by atoms with E-state index in [2.05, 4.69) is 18.7 Å². The van der Waals surface area contributed by atoms with Gasteiger partial charge < -0.3 is 10.8 Å². The van der Waals surface area contributed by atoms with Crippen LogP contribution in [-0.4, -0.2) is 40.8 Å². The Morgan fingerprint density at radius 3 is 2.71 bits per heavy atom. The number of aliphatic hydroxyl groups is 1. The molecule has 3 nitrogen and oxygen atoms in total. The Morgan fingerprint density at radius 2 is 2.21 bits per heavy atom. The minimum Gasteiger partial charge on any atom is -0.388 e. The van der Waals surface area contributed by atoms with E-state index in [1.165, 1.54) is 12.8 Å². The van der Waals surface area contributed by atoms with Crippen molar-refractivity contribution in [2.24, 2.45) is 11.7 Å². The van der Waals surface area contributed by atoms with Gasteiger partial charge in [0.05, 0.1) is 5.60 Å². The first-order chi connectivity index (χ1) is 6.57. The molecule has 1 heterocycles. The topological polar surface area (TPSA) is 49.5 Å². The van der Waals surface area contributed by atoms with E-state index in [0.717, 1.165) is 19.0 Å². The highest BCUT2D eigenvalue weighted by molar-refractivity contribution is 5.02. The lowest BCUT2D eigenvalue weighted by Gasteiger charge is -2.29. The van der Waals surface area contributed by atoms with Crippen molar-refractivity contribution < 1.29 is 5.11 Å². The Kier molecular flexibility index (Phi) is 2.58. The molecule has 1 saturated heterocycles. The molecule has 3 atom stereocenters. The van der Waals surface area contributed by atoms with Crippen LogP contribution in [0.3, 0.4) is 0 Å². The third-order valence-electron chi connectivity index (χ3n) is 3.96. The van der Waals surface area contributed by atoms with Crippen LogP contribution >= 0.6 is 0 Å². The summed E-state index contributed by atoms with van der Waals surface area (Å²) in [5, 5.41) is 10.5. The predicted molar refractivity (Wildman–Crippen MR) is 57.0 cm³/mol. The molecule has 1 aliphatic carbocycles. The number of nitrogens with two attached hydrogens (primary N) is 1. The molecule has 82 valence electrons. The van der Waals surface area contributed by atoms with E-state index in [0.29, 0.717) is 12.6 Å². The smallest absolute Gasteiger partial charge is 0.0826 e. The lowest BCUT2D eigenvalue weighted by molar-refractivity contribution is 0.000500. The summed E-state index contributed by atoms with van der Waals surface area (Å²) in [4.78, 5) is 2.46. The highest BCUT2D eigenvalue weighted by Gasteiger charge is 2.48. The second-order valence-electron chi connectivity index (χ2n) is 5.20. The number of hydrogen-bond acceptors (Lipinski definition) is 3. The quantitative estimate of drug-likeness (QED) is 0.697. The summed E-state index contributed by atoms with van der Waals surface area (Å²) in [7, 11) is 0. The molecule has 0 aromatic rings. The van der Waals surface area contributed by atoms with Crippen molar-refractivity contribution in [3.63, 3.8) is 0 Å². The fourth-order valence-corrected chi connectivity index (χ4v) is 2.64. The average Bonchev–Trinajstić information content (AvgIpc) is 2.92. The first-order valence-corrected chi connectivity index (χ1v) is 5.75. The van der Waals surface area contributed by atoms with E-state index in [-0.39, 0.29) is 5.92 Å². The Hall–Kier alpha value is -0.120. The largest absolute Gasteiger partial charge is 0.388 e. The Morgan fingerprint density at radius 1 is 1.57 bits per heavy atom. The molecule has 14 heavy (non-hydrogen) atoms. The average molecular weight is 198 g/mol. The molecular formula is C11H22N2O. The van der Waals surface area contributed by atoms with Crippen LogP contribution in [0.4, 0.5) is 0 Å². The molecule has 2 aliphatic rings. The summed E-state index contributed by atoms with van der Waals surface area (Å²) in [5.41, 5.74) is 5.11. The van der Waals surface area contributed by atoms with Gasteiger partial charge in [0.1, 0.15) is 0 Å². The van der Waals surface area contributed by atoms with E-state index in [9.17, 15) is 5.11 Å². The SMILES string of the molecule is CC1CC(O)(C(C)CN)CN1C1CC1. The molecule has 2 fully saturated rings. The molecule has 3 heteroatoms. The van der Waals surface area contributed by atoms with Gasteiger partial charge >= 0.3 is 0 Å². The molecular weight excluding hydrogens is 176 g/mol. The van der Waals surface area contributed by atoms with Crippen LogP contribution in [0.2, 0.25) is 0 Å². The third kappa shape index (κ3) is 1.69. The standard InChI is InChI=1S/C11H22N2O/c1-8(6-12)11(14)5-9(2)13(7-11)10-3-4-10/h8-10,14H,3-7,12H2,1-2H3. The first-order valence-electron chi connectivity index (χ1n) is 5.75.